The summed E-state index contributed by atoms with van der Waals surface area (Å²) in [4.78, 5) is 13.8. The number of carbonyl (C=O) groups excluding carboxylic acids is 1. The van der Waals surface area contributed by atoms with Gasteiger partial charge in [-0.3, -0.25) is 4.79 Å². The van der Waals surface area contributed by atoms with E-state index in [1.165, 1.54) is 0 Å². The van der Waals surface area contributed by atoms with Gasteiger partial charge in [-0.25, -0.2) is 0 Å². The number of ether oxygens (including phenoxy) is 1. The third-order valence-corrected chi connectivity index (χ3v) is 3.43. The maximum Gasteiger partial charge on any atom is 0.224 e. The molecule has 1 aromatic carbocycles. The van der Waals surface area contributed by atoms with Crippen molar-refractivity contribution < 1.29 is 9.53 Å². The first kappa shape index (κ1) is 17.2. The Labute approximate surface area is 130 Å². The van der Waals surface area contributed by atoms with Crippen molar-refractivity contribution in [3.63, 3.8) is 0 Å². The Bertz CT molecular complexity index is 420. The lowest BCUT2D eigenvalue weighted by molar-refractivity contribution is -0.131. The molecule has 1 saturated heterocycles. The first-order valence-electron chi connectivity index (χ1n) is 6.44. The molecule has 20 heavy (non-hydrogen) atoms. The molecule has 0 bridgehead atoms. The lowest BCUT2D eigenvalue weighted by Gasteiger charge is -2.25. The highest BCUT2D eigenvalue weighted by Gasteiger charge is 2.19. The molecule has 1 unspecified atom stereocenters. The van der Waals surface area contributed by atoms with Gasteiger partial charge in [-0.1, -0.05) is 23.7 Å². The molecule has 112 valence electrons. The van der Waals surface area contributed by atoms with Crippen molar-refractivity contribution >= 4 is 29.9 Å². The molecule has 6 heteroatoms. The number of morpholine rings is 1. The SMILES string of the molecule is CN(Cc1ccc(Cl)cc1)C(=O)CC1COCCN1.Cl. The largest absolute Gasteiger partial charge is 0.378 e. The van der Waals surface area contributed by atoms with Crippen LogP contribution < -0.4 is 5.32 Å². The fourth-order valence-corrected chi connectivity index (χ4v) is 2.20. The normalized spacial score (nSPS) is 18.2. The van der Waals surface area contributed by atoms with Crippen LogP contribution in [0.25, 0.3) is 0 Å². The highest BCUT2D eigenvalue weighted by molar-refractivity contribution is 6.30. The molecule has 0 saturated carbocycles. The van der Waals surface area contributed by atoms with Crippen molar-refractivity contribution in [3.05, 3.63) is 34.9 Å². The Balaban J connectivity index is 0.00000200. The molecule has 1 heterocycles. The van der Waals surface area contributed by atoms with Crippen LogP contribution in [0.3, 0.4) is 0 Å². The number of rotatable bonds is 4. The first-order chi connectivity index (χ1) is 9.15. The third-order valence-electron chi connectivity index (χ3n) is 3.18. The van der Waals surface area contributed by atoms with E-state index in [1.54, 1.807) is 4.90 Å². The minimum atomic E-state index is 0. The van der Waals surface area contributed by atoms with E-state index < -0.39 is 0 Å². The summed E-state index contributed by atoms with van der Waals surface area (Å²) in [5.74, 6) is 0.123. The van der Waals surface area contributed by atoms with Gasteiger partial charge in [0, 0.05) is 37.6 Å². The van der Waals surface area contributed by atoms with Gasteiger partial charge >= 0.3 is 0 Å². The van der Waals surface area contributed by atoms with Crippen LogP contribution in [-0.4, -0.2) is 43.7 Å². The van der Waals surface area contributed by atoms with Crippen LogP contribution in [0.5, 0.6) is 0 Å². The molecule has 1 atom stereocenters. The molecule has 0 spiro atoms. The number of amides is 1. The van der Waals surface area contributed by atoms with Crippen molar-refractivity contribution in [3.8, 4) is 0 Å². The van der Waals surface area contributed by atoms with Crippen LogP contribution in [0, 0.1) is 0 Å². The Kier molecular flexibility index (Phi) is 7.30. The summed E-state index contributed by atoms with van der Waals surface area (Å²) < 4.78 is 5.35. The van der Waals surface area contributed by atoms with E-state index in [2.05, 4.69) is 5.32 Å². The minimum Gasteiger partial charge on any atom is -0.378 e. The molecule has 0 aliphatic carbocycles. The summed E-state index contributed by atoms with van der Waals surface area (Å²) >= 11 is 5.84. The molecule has 4 nitrogen and oxygen atoms in total. The summed E-state index contributed by atoms with van der Waals surface area (Å²) in [6.07, 6.45) is 0.476. The quantitative estimate of drug-likeness (QED) is 0.924. The monoisotopic (exact) mass is 318 g/mol. The smallest absolute Gasteiger partial charge is 0.224 e. The molecule has 1 N–H and O–H groups in total. The standard InChI is InChI=1S/C14H19ClN2O2.ClH/c1-17(9-11-2-4-12(15)5-3-11)14(18)8-13-10-19-7-6-16-13;/h2-5,13,16H,6-10H2,1H3;1H. The van der Waals surface area contributed by atoms with E-state index >= 15 is 0 Å². The zero-order valence-electron chi connectivity index (χ0n) is 11.5. The lowest BCUT2D eigenvalue weighted by Crippen LogP contribution is -2.44. The number of nitrogens with one attached hydrogen (secondary N) is 1. The summed E-state index contributed by atoms with van der Waals surface area (Å²) in [5.41, 5.74) is 1.08. The average Bonchev–Trinajstić information content (AvgIpc) is 2.42. The average molecular weight is 319 g/mol. The molecule has 1 amide bonds. The number of carbonyl (C=O) groups is 1. The summed E-state index contributed by atoms with van der Waals surface area (Å²) in [5, 5.41) is 4.00. The predicted octanol–water partition coefficient (Wildman–Crippen LogP) is 2.10. The van der Waals surface area contributed by atoms with Gasteiger partial charge in [0.2, 0.25) is 5.91 Å². The Hall–Kier alpha value is -0.810. The second kappa shape index (κ2) is 8.47. The summed E-state index contributed by atoms with van der Waals surface area (Å²) in [6, 6.07) is 7.69. The van der Waals surface area contributed by atoms with Gasteiger partial charge in [0.1, 0.15) is 0 Å². The second-order valence-corrected chi connectivity index (χ2v) is 5.24. The van der Waals surface area contributed by atoms with Gasteiger partial charge in [-0.15, -0.1) is 12.4 Å². The molecule has 1 aromatic rings. The van der Waals surface area contributed by atoms with Gasteiger partial charge in [0.25, 0.3) is 0 Å². The van der Waals surface area contributed by atoms with E-state index in [4.69, 9.17) is 16.3 Å². The van der Waals surface area contributed by atoms with Crippen LogP contribution in [0.1, 0.15) is 12.0 Å². The van der Waals surface area contributed by atoms with E-state index in [-0.39, 0.29) is 24.4 Å². The summed E-state index contributed by atoms with van der Waals surface area (Å²) in [6.45, 7) is 2.76. The fraction of sp³-hybridized carbons (Fsp3) is 0.500. The molecule has 0 radical (unpaired) electrons. The molecule has 1 fully saturated rings. The minimum absolute atomic E-state index is 0. The van der Waals surface area contributed by atoms with Crippen LogP contribution in [0.4, 0.5) is 0 Å². The second-order valence-electron chi connectivity index (χ2n) is 4.81. The number of benzene rings is 1. The number of hydrogen-bond donors (Lipinski definition) is 1. The molecule has 2 rings (SSSR count). The van der Waals surface area contributed by atoms with Crippen LogP contribution in [0.15, 0.2) is 24.3 Å². The fourth-order valence-electron chi connectivity index (χ4n) is 2.07. The Morgan fingerprint density at radius 3 is 2.75 bits per heavy atom. The van der Waals surface area contributed by atoms with Crippen LogP contribution in [-0.2, 0) is 16.1 Å². The first-order valence-corrected chi connectivity index (χ1v) is 6.82. The Morgan fingerprint density at radius 1 is 1.45 bits per heavy atom. The zero-order valence-corrected chi connectivity index (χ0v) is 13.0. The van der Waals surface area contributed by atoms with Gasteiger partial charge in [-0.05, 0) is 17.7 Å². The number of nitrogens with zero attached hydrogens (tertiary/aromatic N) is 1. The van der Waals surface area contributed by atoms with E-state index in [9.17, 15) is 4.79 Å². The highest BCUT2D eigenvalue weighted by Crippen LogP contribution is 2.12. The highest BCUT2D eigenvalue weighted by atomic mass is 35.5. The predicted molar refractivity (Wildman–Crippen MR) is 82.4 cm³/mol. The van der Waals surface area contributed by atoms with Crippen molar-refractivity contribution in [1.29, 1.82) is 0 Å². The maximum atomic E-state index is 12.1. The molecule has 0 aromatic heterocycles. The Morgan fingerprint density at radius 2 is 2.15 bits per heavy atom. The van der Waals surface area contributed by atoms with Crippen LogP contribution in [0.2, 0.25) is 5.02 Å². The zero-order chi connectivity index (χ0) is 13.7. The van der Waals surface area contributed by atoms with Crippen molar-refractivity contribution in [2.45, 2.75) is 19.0 Å². The van der Waals surface area contributed by atoms with Crippen molar-refractivity contribution in [2.75, 3.05) is 26.8 Å². The number of halogens is 2. The lowest BCUT2D eigenvalue weighted by atomic mass is 10.1. The van der Waals surface area contributed by atoms with Gasteiger partial charge in [0.15, 0.2) is 0 Å². The van der Waals surface area contributed by atoms with E-state index in [1.807, 2.05) is 31.3 Å². The third kappa shape index (κ3) is 5.29. The van der Waals surface area contributed by atoms with Crippen molar-refractivity contribution in [2.24, 2.45) is 0 Å². The molecule has 1 aliphatic rings. The van der Waals surface area contributed by atoms with Gasteiger partial charge < -0.3 is 15.0 Å². The summed E-state index contributed by atoms with van der Waals surface area (Å²) in [7, 11) is 1.82. The van der Waals surface area contributed by atoms with Gasteiger partial charge in [-0.2, -0.15) is 0 Å². The molecular formula is C14H20Cl2N2O2. The van der Waals surface area contributed by atoms with Gasteiger partial charge in [0.05, 0.1) is 13.2 Å². The molecular weight excluding hydrogens is 299 g/mol. The van der Waals surface area contributed by atoms with Crippen molar-refractivity contribution in [1.82, 2.24) is 10.2 Å². The molecule has 1 aliphatic heterocycles. The topological polar surface area (TPSA) is 41.6 Å². The maximum absolute atomic E-state index is 12.1. The van der Waals surface area contributed by atoms with E-state index in [0.717, 1.165) is 18.7 Å². The van der Waals surface area contributed by atoms with E-state index in [0.29, 0.717) is 24.6 Å². The van der Waals surface area contributed by atoms with Crippen LogP contribution >= 0.6 is 24.0 Å². The number of hydrogen-bond acceptors (Lipinski definition) is 3.